The number of aromatic nitrogens is 4. The zero-order chi connectivity index (χ0) is 22.3. The Morgan fingerprint density at radius 3 is 2.47 bits per heavy atom. The molecule has 0 saturated heterocycles. The van der Waals surface area contributed by atoms with Crippen LogP contribution in [0.5, 0.6) is 0 Å². The number of nitrogens with one attached hydrogen (secondary N) is 3. The summed E-state index contributed by atoms with van der Waals surface area (Å²) in [5.41, 5.74) is 3.03. The first kappa shape index (κ1) is 21.0. The van der Waals surface area contributed by atoms with Crippen molar-refractivity contribution in [3.05, 3.63) is 94.4 Å². The average Bonchev–Trinajstić information content (AvgIpc) is 3.23. The summed E-state index contributed by atoms with van der Waals surface area (Å²) >= 11 is 0. The van der Waals surface area contributed by atoms with Gasteiger partial charge in [0, 0.05) is 29.9 Å². The largest absolute Gasteiger partial charge is 0.337 e. The third-order valence-electron chi connectivity index (χ3n) is 4.91. The maximum atomic E-state index is 12.6. The van der Waals surface area contributed by atoms with Gasteiger partial charge in [0.25, 0.3) is 5.56 Å². The molecule has 4 aromatic rings. The van der Waals surface area contributed by atoms with Gasteiger partial charge >= 0.3 is 6.03 Å². The standard InChI is InChI=1S/C24H24N6O2/c1-2-19-15-22(31)28-23(26-19)30-21(16-20(29-30)18-11-7-4-8-12-18)27-24(32)25-14-13-17-9-5-3-6-10-17/h3-12,15-16H,2,13-14H2,1H3,(H2,25,27,32)(H,26,28,31). The third-order valence-corrected chi connectivity index (χ3v) is 4.91. The molecule has 4 rings (SSSR count). The molecule has 2 aromatic heterocycles. The molecule has 0 aliphatic rings. The number of hydrogen-bond acceptors (Lipinski definition) is 4. The second-order valence-electron chi connectivity index (χ2n) is 7.22. The number of benzene rings is 2. The Morgan fingerprint density at radius 2 is 1.75 bits per heavy atom. The van der Waals surface area contributed by atoms with E-state index in [2.05, 4.69) is 25.7 Å². The highest BCUT2D eigenvalue weighted by Gasteiger charge is 2.16. The van der Waals surface area contributed by atoms with E-state index in [0.717, 1.165) is 17.5 Å². The van der Waals surface area contributed by atoms with Crippen molar-refractivity contribution in [2.45, 2.75) is 19.8 Å². The van der Waals surface area contributed by atoms with Gasteiger partial charge in [-0.05, 0) is 18.4 Å². The van der Waals surface area contributed by atoms with Gasteiger partial charge in [0.2, 0.25) is 5.95 Å². The first-order chi connectivity index (χ1) is 15.6. The summed E-state index contributed by atoms with van der Waals surface area (Å²) in [6.07, 6.45) is 1.32. The first-order valence-electron chi connectivity index (χ1n) is 10.5. The molecule has 2 aromatic carbocycles. The molecule has 2 amide bonds. The lowest BCUT2D eigenvalue weighted by molar-refractivity contribution is 0.252. The van der Waals surface area contributed by atoms with Crippen LogP contribution in [-0.2, 0) is 12.8 Å². The van der Waals surface area contributed by atoms with Gasteiger partial charge < -0.3 is 5.32 Å². The zero-order valence-electron chi connectivity index (χ0n) is 17.7. The predicted molar refractivity (Wildman–Crippen MR) is 124 cm³/mol. The van der Waals surface area contributed by atoms with Crippen LogP contribution in [0, 0.1) is 0 Å². The second-order valence-corrected chi connectivity index (χ2v) is 7.22. The van der Waals surface area contributed by atoms with Crippen molar-refractivity contribution < 1.29 is 4.79 Å². The second kappa shape index (κ2) is 9.74. The van der Waals surface area contributed by atoms with Crippen molar-refractivity contribution in [2.75, 3.05) is 11.9 Å². The van der Waals surface area contributed by atoms with Gasteiger partial charge in [-0.1, -0.05) is 67.6 Å². The number of hydrogen-bond donors (Lipinski definition) is 3. The quantitative estimate of drug-likeness (QED) is 0.419. The van der Waals surface area contributed by atoms with Crippen LogP contribution >= 0.6 is 0 Å². The minimum atomic E-state index is -0.365. The highest BCUT2D eigenvalue weighted by atomic mass is 16.2. The molecule has 3 N–H and O–H groups in total. The summed E-state index contributed by atoms with van der Waals surface area (Å²) in [6.45, 7) is 2.40. The van der Waals surface area contributed by atoms with E-state index in [0.29, 0.717) is 30.2 Å². The van der Waals surface area contributed by atoms with Gasteiger partial charge in [0.15, 0.2) is 0 Å². The summed E-state index contributed by atoms with van der Waals surface area (Å²) in [6, 6.07) is 22.4. The number of aromatic amines is 1. The Hall–Kier alpha value is -4.20. The van der Waals surface area contributed by atoms with Crippen LogP contribution in [0.2, 0.25) is 0 Å². The Bertz CT molecular complexity index is 1250. The number of urea groups is 1. The normalized spacial score (nSPS) is 10.7. The van der Waals surface area contributed by atoms with Gasteiger partial charge in [0.1, 0.15) is 5.82 Å². The molecule has 0 aliphatic carbocycles. The Balaban J connectivity index is 1.58. The third kappa shape index (κ3) is 5.10. The van der Waals surface area contributed by atoms with Crippen molar-refractivity contribution in [3.63, 3.8) is 0 Å². The number of rotatable bonds is 7. The number of aryl methyl sites for hydroxylation is 1. The molecule has 0 saturated carbocycles. The maximum absolute atomic E-state index is 12.6. The number of carbonyl (C=O) groups is 1. The fourth-order valence-corrected chi connectivity index (χ4v) is 3.28. The van der Waals surface area contributed by atoms with Crippen LogP contribution in [0.15, 0.2) is 77.6 Å². The number of anilines is 1. The summed E-state index contributed by atoms with van der Waals surface area (Å²) in [5, 5.41) is 10.3. The SMILES string of the molecule is CCc1cc(=O)[nH]c(-n2nc(-c3ccccc3)cc2NC(=O)NCCc2ccccc2)n1. The molecule has 0 spiro atoms. The molecule has 0 atom stereocenters. The van der Waals surface area contributed by atoms with E-state index in [1.54, 1.807) is 6.07 Å². The maximum Gasteiger partial charge on any atom is 0.320 e. The van der Waals surface area contributed by atoms with Crippen molar-refractivity contribution >= 4 is 11.8 Å². The van der Waals surface area contributed by atoms with Crippen LogP contribution in [0.4, 0.5) is 10.6 Å². The van der Waals surface area contributed by atoms with Crippen molar-refractivity contribution in [1.82, 2.24) is 25.1 Å². The van der Waals surface area contributed by atoms with Crippen LogP contribution in [0.3, 0.4) is 0 Å². The number of nitrogens with zero attached hydrogens (tertiary/aromatic N) is 3. The number of H-pyrrole nitrogens is 1. The first-order valence-corrected chi connectivity index (χ1v) is 10.5. The van der Waals surface area contributed by atoms with E-state index in [1.807, 2.05) is 67.6 Å². The molecule has 0 bridgehead atoms. The lowest BCUT2D eigenvalue weighted by atomic mass is 10.1. The number of amides is 2. The topological polar surface area (TPSA) is 105 Å². The minimum absolute atomic E-state index is 0.246. The lowest BCUT2D eigenvalue weighted by Crippen LogP contribution is -2.31. The van der Waals surface area contributed by atoms with Crippen molar-refractivity contribution in [2.24, 2.45) is 0 Å². The highest BCUT2D eigenvalue weighted by molar-refractivity contribution is 5.89. The molecular weight excluding hydrogens is 404 g/mol. The predicted octanol–water partition coefficient (Wildman–Crippen LogP) is 3.55. The van der Waals surface area contributed by atoms with E-state index in [4.69, 9.17) is 0 Å². The van der Waals surface area contributed by atoms with E-state index in [1.165, 1.54) is 10.7 Å². The van der Waals surface area contributed by atoms with Crippen molar-refractivity contribution in [1.29, 1.82) is 0 Å². The van der Waals surface area contributed by atoms with Gasteiger partial charge in [-0.15, -0.1) is 0 Å². The lowest BCUT2D eigenvalue weighted by Gasteiger charge is -2.10. The van der Waals surface area contributed by atoms with Crippen LogP contribution in [0.1, 0.15) is 18.2 Å². The highest BCUT2D eigenvalue weighted by Crippen LogP contribution is 2.23. The molecule has 8 nitrogen and oxygen atoms in total. The molecular formula is C24H24N6O2. The summed E-state index contributed by atoms with van der Waals surface area (Å²) in [4.78, 5) is 31.8. The molecule has 0 aliphatic heterocycles. The summed E-state index contributed by atoms with van der Waals surface area (Å²) in [7, 11) is 0. The Morgan fingerprint density at radius 1 is 1.03 bits per heavy atom. The molecule has 0 unspecified atom stereocenters. The molecule has 8 heteroatoms. The fraction of sp³-hybridized carbons (Fsp3) is 0.167. The molecule has 0 radical (unpaired) electrons. The van der Waals surface area contributed by atoms with Crippen LogP contribution < -0.4 is 16.2 Å². The van der Waals surface area contributed by atoms with Gasteiger partial charge in [0.05, 0.1) is 5.69 Å². The Labute approximate surface area is 185 Å². The van der Waals surface area contributed by atoms with Gasteiger partial charge in [-0.25, -0.2) is 9.78 Å². The van der Waals surface area contributed by atoms with Gasteiger partial charge in [-0.2, -0.15) is 9.78 Å². The van der Waals surface area contributed by atoms with Gasteiger partial charge in [-0.3, -0.25) is 15.1 Å². The van der Waals surface area contributed by atoms with Crippen molar-refractivity contribution in [3.8, 4) is 17.2 Å². The zero-order valence-corrected chi connectivity index (χ0v) is 17.7. The average molecular weight is 428 g/mol. The van der Waals surface area contributed by atoms with Crippen LogP contribution in [0.25, 0.3) is 17.2 Å². The van der Waals surface area contributed by atoms with E-state index >= 15 is 0 Å². The smallest absolute Gasteiger partial charge is 0.320 e. The summed E-state index contributed by atoms with van der Waals surface area (Å²) < 4.78 is 1.44. The summed E-state index contributed by atoms with van der Waals surface area (Å²) in [5.74, 6) is 0.647. The fourth-order valence-electron chi connectivity index (χ4n) is 3.28. The van der Waals surface area contributed by atoms with Crippen LogP contribution in [-0.4, -0.2) is 32.3 Å². The van der Waals surface area contributed by atoms with E-state index < -0.39 is 0 Å². The monoisotopic (exact) mass is 428 g/mol. The number of carbonyl (C=O) groups excluding carboxylic acids is 1. The van der Waals surface area contributed by atoms with E-state index in [9.17, 15) is 9.59 Å². The molecule has 2 heterocycles. The Kier molecular flexibility index (Phi) is 6.41. The van der Waals surface area contributed by atoms with E-state index in [-0.39, 0.29) is 17.5 Å². The minimum Gasteiger partial charge on any atom is -0.337 e. The molecule has 0 fully saturated rings. The molecule has 162 valence electrons. The molecule has 32 heavy (non-hydrogen) atoms.